The fourth-order valence-electron chi connectivity index (χ4n) is 4.22. The van der Waals surface area contributed by atoms with E-state index in [1.54, 1.807) is 6.92 Å². The van der Waals surface area contributed by atoms with Crippen LogP contribution in [0.5, 0.6) is 0 Å². The SMILES string of the molecule is C[C@@H](O)[C@H]1C(=O)N2C(C(=O)O)=C(SCCc3nc(-c4ccccc4)c[nH]3)[C@H](C)[C@H]12. The van der Waals surface area contributed by atoms with Crippen molar-refractivity contribution in [2.45, 2.75) is 32.4 Å². The second kappa shape index (κ2) is 7.68. The molecule has 0 saturated carbocycles. The van der Waals surface area contributed by atoms with Crippen LogP contribution in [0.3, 0.4) is 0 Å². The van der Waals surface area contributed by atoms with Crippen molar-refractivity contribution < 1.29 is 19.8 Å². The smallest absolute Gasteiger partial charge is 0.353 e. The van der Waals surface area contributed by atoms with E-state index in [-0.39, 0.29) is 23.6 Å². The molecule has 0 bridgehead atoms. The number of benzene rings is 1. The molecule has 0 aliphatic carbocycles. The largest absolute Gasteiger partial charge is 0.477 e. The average molecular weight is 413 g/mol. The molecule has 2 aromatic rings. The number of rotatable bonds is 7. The number of aliphatic hydroxyl groups is 1. The normalized spacial score (nSPS) is 24.4. The topological polar surface area (TPSA) is 107 Å². The minimum Gasteiger partial charge on any atom is -0.477 e. The molecule has 3 N–H and O–H groups in total. The quantitative estimate of drug-likeness (QED) is 0.602. The minimum atomic E-state index is -1.09. The van der Waals surface area contributed by atoms with Gasteiger partial charge in [0.05, 0.1) is 23.8 Å². The maximum atomic E-state index is 12.4. The Balaban J connectivity index is 1.45. The fourth-order valence-corrected chi connectivity index (χ4v) is 5.46. The van der Waals surface area contributed by atoms with Crippen LogP contribution in [0.1, 0.15) is 19.7 Å². The zero-order valence-corrected chi connectivity index (χ0v) is 17.0. The molecule has 4 atom stereocenters. The highest BCUT2D eigenvalue weighted by molar-refractivity contribution is 8.03. The number of aliphatic carboxylic acids is 1. The highest BCUT2D eigenvalue weighted by Crippen LogP contribution is 2.50. The number of thioether (sulfide) groups is 1. The van der Waals surface area contributed by atoms with Gasteiger partial charge in [-0.1, -0.05) is 37.3 Å². The number of hydrogen-bond donors (Lipinski definition) is 3. The summed E-state index contributed by atoms with van der Waals surface area (Å²) >= 11 is 1.46. The van der Waals surface area contributed by atoms with Gasteiger partial charge in [0, 0.05) is 34.8 Å². The van der Waals surface area contributed by atoms with Gasteiger partial charge in [0.2, 0.25) is 5.91 Å². The van der Waals surface area contributed by atoms with Crippen molar-refractivity contribution in [2.24, 2.45) is 11.8 Å². The molecular formula is C21H23N3O4S. The number of imidazole rings is 1. The number of aromatic nitrogens is 2. The number of β-lactam (4-membered cyclic amide) rings is 1. The van der Waals surface area contributed by atoms with Gasteiger partial charge in [-0.25, -0.2) is 9.78 Å². The number of H-pyrrole nitrogens is 1. The van der Waals surface area contributed by atoms with Crippen molar-refractivity contribution in [1.82, 2.24) is 14.9 Å². The molecule has 4 rings (SSSR count). The Morgan fingerprint density at radius 3 is 2.72 bits per heavy atom. The highest BCUT2D eigenvalue weighted by Gasteiger charge is 2.59. The van der Waals surface area contributed by atoms with Gasteiger partial charge in [-0.2, -0.15) is 0 Å². The molecule has 8 heteroatoms. The summed E-state index contributed by atoms with van der Waals surface area (Å²) in [6.45, 7) is 3.51. The van der Waals surface area contributed by atoms with Crippen LogP contribution in [-0.4, -0.2) is 54.9 Å². The van der Waals surface area contributed by atoms with Crippen molar-refractivity contribution in [1.29, 1.82) is 0 Å². The summed E-state index contributed by atoms with van der Waals surface area (Å²) in [5, 5.41) is 19.6. The van der Waals surface area contributed by atoms with Crippen LogP contribution in [-0.2, 0) is 16.0 Å². The summed E-state index contributed by atoms with van der Waals surface area (Å²) in [6.07, 6.45) is 1.73. The van der Waals surface area contributed by atoms with E-state index in [1.165, 1.54) is 16.7 Å². The van der Waals surface area contributed by atoms with Crippen LogP contribution >= 0.6 is 11.8 Å². The molecule has 1 aromatic carbocycles. The highest BCUT2D eigenvalue weighted by atomic mass is 32.2. The van der Waals surface area contributed by atoms with Crippen LogP contribution in [0.2, 0.25) is 0 Å². The zero-order valence-electron chi connectivity index (χ0n) is 16.2. The van der Waals surface area contributed by atoms with Crippen LogP contribution in [0, 0.1) is 11.8 Å². The van der Waals surface area contributed by atoms with Crippen molar-refractivity contribution in [3.63, 3.8) is 0 Å². The van der Waals surface area contributed by atoms with E-state index in [4.69, 9.17) is 0 Å². The molecule has 0 spiro atoms. The monoisotopic (exact) mass is 413 g/mol. The van der Waals surface area contributed by atoms with E-state index in [1.807, 2.05) is 43.5 Å². The third kappa shape index (κ3) is 3.36. The Morgan fingerprint density at radius 2 is 2.07 bits per heavy atom. The zero-order chi connectivity index (χ0) is 20.7. The van der Waals surface area contributed by atoms with E-state index in [0.29, 0.717) is 17.1 Å². The lowest BCUT2D eigenvalue weighted by Gasteiger charge is -2.46. The van der Waals surface area contributed by atoms with Crippen molar-refractivity contribution >= 4 is 23.6 Å². The summed E-state index contributed by atoms with van der Waals surface area (Å²) in [5.41, 5.74) is 1.98. The van der Waals surface area contributed by atoms with Gasteiger partial charge in [-0.3, -0.25) is 4.79 Å². The number of carbonyl (C=O) groups is 2. The number of aliphatic hydroxyl groups excluding tert-OH is 1. The third-order valence-electron chi connectivity index (χ3n) is 5.61. The third-order valence-corrected chi connectivity index (χ3v) is 6.89. The predicted octanol–water partition coefficient (Wildman–Crippen LogP) is 2.51. The van der Waals surface area contributed by atoms with E-state index < -0.39 is 18.0 Å². The molecule has 1 saturated heterocycles. The number of hydrogen-bond acceptors (Lipinski definition) is 5. The van der Waals surface area contributed by atoms with Crippen LogP contribution in [0.25, 0.3) is 11.3 Å². The maximum absolute atomic E-state index is 12.4. The molecule has 3 heterocycles. The first-order valence-corrected chi connectivity index (χ1v) is 10.6. The van der Waals surface area contributed by atoms with Gasteiger partial charge in [-0.15, -0.1) is 11.8 Å². The Labute approximate surface area is 172 Å². The second-order valence-electron chi connectivity index (χ2n) is 7.47. The number of fused-ring (bicyclic) bond motifs is 1. The molecule has 1 fully saturated rings. The summed E-state index contributed by atoms with van der Waals surface area (Å²) in [4.78, 5) is 34.0. The summed E-state index contributed by atoms with van der Waals surface area (Å²) < 4.78 is 0. The number of nitrogens with zero attached hydrogens (tertiary/aromatic N) is 2. The maximum Gasteiger partial charge on any atom is 0.353 e. The number of carboxylic acids is 1. The first-order chi connectivity index (χ1) is 13.9. The summed E-state index contributed by atoms with van der Waals surface area (Å²) in [5.74, 6) is -0.560. The van der Waals surface area contributed by atoms with Gasteiger partial charge in [0.1, 0.15) is 11.5 Å². The molecule has 29 heavy (non-hydrogen) atoms. The van der Waals surface area contributed by atoms with Gasteiger partial charge >= 0.3 is 5.97 Å². The Kier molecular flexibility index (Phi) is 5.23. The number of aryl methyl sites for hydroxylation is 1. The molecule has 0 unspecified atom stereocenters. The minimum absolute atomic E-state index is 0.0684. The molecule has 7 nitrogen and oxygen atoms in total. The Morgan fingerprint density at radius 1 is 1.34 bits per heavy atom. The summed E-state index contributed by atoms with van der Waals surface area (Å²) in [7, 11) is 0. The van der Waals surface area contributed by atoms with Gasteiger partial charge in [0.15, 0.2) is 0 Å². The molecule has 2 aliphatic rings. The van der Waals surface area contributed by atoms with E-state index in [2.05, 4.69) is 9.97 Å². The first-order valence-electron chi connectivity index (χ1n) is 9.61. The Bertz CT molecular complexity index is 969. The number of carboxylic acid groups (broad SMARTS) is 1. The lowest BCUT2D eigenvalue weighted by atomic mass is 9.79. The number of carbonyl (C=O) groups excluding carboxylic acids is 1. The molecule has 0 radical (unpaired) electrons. The summed E-state index contributed by atoms with van der Waals surface area (Å²) in [6, 6.07) is 9.61. The second-order valence-corrected chi connectivity index (χ2v) is 8.61. The van der Waals surface area contributed by atoms with Gasteiger partial charge < -0.3 is 20.1 Å². The number of aromatic amines is 1. The number of amides is 1. The molecule has 1 amide bonds. The van der Waals surface area contributed by atoms with Crippen LogP contribution in [0.15, 0.2) is 47.1 Å². The first kappa shape index (κ1) is 19.7. The van der Waals surface area contributed by atoms with E-state index >= 15 is 0 Å². The average Bonchev–Trinajstić information content (AvgIpc) is 3.24. The van der Waals surface area contributed by atoms with Gasteiger partial charge in [-0.05, 0) is 6.92 Å². The van der Waals surface area contributed by atoms with Crippen LogP contribution < -0.4 is 0 Å². The van der Waals surface area contributed by atoms with Crippen LogP contribution in [0.4, 0.5) is 0 Å². The van der Waals surface area contributed by atoms with Gasteiger partial charge in [0.25, 0.3) is 0 Å². The standard InChI is InChI=1S/C21H23N3O4S/c1-11-17-16(12(2)25)20(26)24(17)18(21(27)28)19(11)29-9-8-15-22-10-14(23-15)13-6-4-3-5-7-13/h3-7,10-12,16-17,25H,8-9H2,1-2H3,(H,22,23)(H,27,28)/t11-,12-,16-,17-/m1/s1. The van der Waals surface area contributed by atoms with Crippen molar-refractivity contribution in [2.75, 3.05) is 5.75 Å². The lowest BCUT2D eigenvalue weighted by Crippen LogP contribution is -2.63. The van der Waals surface area contributed by atoms with E-state index in [0.717, 1.165) is 17.1 Å². The van der Waals surface area contributed by atoms with Crippen molar-refractivity contribution in [3.05, 3.63) is 53.0 Å². The molecular weight excluding hydrogens is 390 g/mol. The molecule has 152 valence electrons. The Hall–Kier alpha value is -2.58. The fraction of sp³-hybridized carbons (Fsp3) is 0.381. The predicted molar refractivity (Wildman–Crippen MR) is 110 cm³/mol. The van der Waals surface area contributed by atoms with E-state index in [9.17, 15) is 19.8 Å². The number of nitrogens with one attached hydrogen (secondary N) is 1. The lowest BCUT2D eigenvalue weighted by molar-refractivity contribution is -0.163. The molecule has 2 aliphatic heterocycles. The molecule has 1 aromatic heterocycles. The van der Waals surface area contributed by atoms with Crippen molar-refractivity contribution in [3.8, 4) is 11.3 Å².